The lowest BCUT2D eigenvalue weighted by Gasteiger charge is -2.08. The lowest BCUT2D eigenvalue weighted by molar-refractivity contribution is 0.414. The highest BCUT2D eigenvalue weighted by Crippen LogP contribution is 2.22. The summed E-state index contributed by atoms with van der Waals surface area (Å²) in [5.41, 5.74) is 1.89. The maximum Gasteiger partial charge on any atom is 0.138 e. The summed E-state index contributed by atoms with van der Waals surface area (Å²) in [4.78, 5) is 3.90. The Morgan fingerprint density at radius 1 is 1.33 bits per heavy atom. The van der Waals surface area contributed by atoms with Crippen LogP contribution in [0.4, 0.5) is 5.69 Å². The Morgan fingerprint density at radius 3 is 2.80 bits per heavy atom. The summed E-state index contributed by atoms with van der Waals surface area (Å²) in [7, 11) is 3.50. The summed E-state index contributed by atoms with van der Waals surface area (Å²) in [5, 5.41) is 7.12. The molecule has 0 aliphatic carbocycles. The molecule has 0 aliphatic rings. The Morgan fingerprint density at radius 2 is 2.20 bits per heavy atom. The molecule has 1 aromatic heterocycles. The molecule has 0 fully saturated rings. The van der Waals surface area contributed by atoms with Gasteiger partial charge < -0.3 is 10.1 Å². The van der Waals surface area contributed by atoms with E-state index in [-0.39, 0.29) is 0 Å². The van der Waals surface area contributed by atoms with E-state index in [9.17, 15) is 0 Å². The first-order valence-electron chi connectivity index (χ1n) is 4.55. The van der Waals surface area contributed by atoms with E-state index in [1.165, 1.54) is 6.33 Å². The lowest BCUT2D eigenvalue weighted by Crippen LogP contribution is -1.98. The van der Waals surface area contributed by atoms with Gasteiger partial charge in [0.15, 0.2) is 0 Å². The van der Waals surface area contributed by atoms with Gasteiger partial charge in [-0.15, -0.1) is 0 Å². The summed E-state index contributed by atoms with van der Waals surface area (Å²) in [6.45, 7) is 0. The molecule has 1 heterocycles. The van der Waals surface area contributed by atoms with Crippen molar-refractivity contribution in [2.75, 3.05) is 19.5 Å². The second-order valence-electron chi connectivity index (χ2n) is 3.01. The molecule has 15 heavy (non-hydrogen) atoms. The van der Waals surface area contributed by atoms with Crippen molar-refractivity contribution in [2.45, 2.75) is 0 Å². The quantitative estimate of drug-likeness (QED) is 0.819. The van der Waals surface area contributed by atoms with Crippen molar-refractivity contribution in [3.8, 4) is 11.4 Å². The van der Waals surface area contributed by atoms with Gasteiger partial charge in [0.2, 0.25) is 0 Å². The largest absolute Gasteiger partial charge is 0.497 e. The van der Waals surface area contributed by atoms with Gasteiger partial charge in [0.25, 0.3) is 0 Å². The van der Waals surface area contributed by atoms with Gasteiger partial charge in [-0.1, -0.05) is 0 Å². The summed E-state index contributed by atoms with van der Waals surface area (Å²) in [6, 6.07) is 5.78. The number of hydrogen-bond donors (Lipinski definition) is 1. The van der Waals surface area contributed by atoms with Gasteiger partial charge >= 0.3 is 0 Å². The standard InChI is InChI=1S/C10H12N4O/c1-11-8-3-9(5-10(4-8)15-2)14-7-12-6-13-14/h3-7,11H,1-2H3. The number of methoxy groups -OCH3 is 1. The van der Waals surface area contributed by atoms with Crippen LogP contribution in [0.2, 0.25) is 0 Å². The molecule has 2 aromatic rings. The molecule has 1 aromatic carbocycles. The highest BCUT2D eigenvalue weighted by atomic mass is 16.5. The van der Waals surface area contributed by atoms with Crippen molar-refractivity contribution < 1.29 is 4.74 Å². The molecule has 0 saturated heterocycles. The van der Waals surface area contributed by atoms with Gasteiger partial charge in [-0.05, 0) is 6.07 Å². The maximum atomic E-state index is 5.19. The number of anilines is 1. The zero-order chi connectivity index (χ0) is 10.7. The fourth-order valence-corrected chi connectivity index (χ4v) is 1.32. The first kappa shape index (κ1) is 9.51. The van der Waals surface area contributed by atoms with Gasteiger partial charge in [0.1, 0.15) is 18.4 Å². The average molecular weight is 204 g/mol. The van der Waals surface area contributed by atoms with E-state index in [0.29, 0.717) is 0 Å². The van der Waals surface area contributed by atoms with Crippen molar-refractivity contribution >= 4 is 5.69 Å². The summed E-state index contributed by atoms with van der Waals surface area (Å²) in [6.07, 6.45) is 3.15. The first-order valence-corrected chi connectivity index (χ1v) is 4.55. The van der Waals surface area contributed by atoms with Crippen LogP contribution >= 0.6 is 0 Å². The molecular weight excluding hydrogens is 192 g/mol. The second-order valence-corrected chi connectivity index (χ2v) is 3.01. The number of ether oxygens (including phenoxy) is 1. The Hall–Kier alpha value is -2.04. The SMILES string of the molecule is CNc1cc(OC)cc(-n2cncn2)c1. The van der Waals surface area contributed by atoms with Crippen molar-refractivity contribution in [3.63, 3.8) is 0 Å². The molecule has 1 N–H and O–H groups in total. The minimum atomic E-state index is 0.785. The number of benzene rings is 1. The van der Waals surface area contributed by atoms with Gasteiger partial charge in [0.05, 0.1) is 12.8 Å². The molecule has 0 saturated carbocycles. The Kier molecular flexibility index (Phi) is 2.53. The predicted molar refractivity (Wildman–Crippen MR) is 57.5 cm³/mol. The van der Waals surface area contributed by atoms with Crippen LogP contribution in [0, 0.1) is 0 Å². The lowest BCUT2D eigenvalue weighted by atomic mass is 10.2. The van der Waals surface area contributed by atoms with Gasteiger partial charge in [-0.25, -0.2) is 9.67 Å². The number of nitrogens with zero attached hydrogens (tertiary/aromatic N) is 3. The van der Waals surface area contributed by atoms with Crippen LogP contribution in [0.25, 0.3) is 5.69 Å². The highest BCUT2D eigenvalue weighted by molar-refractivity contribution is 5.55. The minimum absolute atomic E-state index is 0.785. The maximum absolute atomic E-state index is 5.19. The van der Waals surface area contributed by atoms with Crippen LogP contribution < -0.4 is 10.1 Å². The molecule has 0 bridgehead atoms. The van der Waals surface area contributed by atoms with Crippen LogP contribution in [0.15, 0.2) is 30.9 Å². The monoisotopic (exact) mass is 204 g/mol. The molecule has 0 radical (unpaired) electrons. The molecule has 0 aliphatic heterocycles. The van der Waals surface area contributed by atoms with Crippen molar-refractivity contribution in [1.82, 2.24) is 14.8 Å². The number of nitrogens with one attached hydrogen (secondary N) is 1. The molecule has 0 atom stereocenters. The summed E-state index contributed by atoms with van der Waals surface area (Å²) in [5.74, 6) is 0.785. The number of hydrogen-bond acceptors (Lipinski definition) is 4. The third-order valence-corrected chi connectivity index (χ3v) is 2.10. The first-order chi connectivity index (χ1) is 7.33. The highest BCUT2D eigenvalue weighted by Gasteiger charge is 2.02. The summed E-state index contributed by atoms with van der Waals surface area (Å²) >= 11 is 0. The fraction of sp³-hybridized carbons (Fsp3) is 0.200. The third-order valence-electron chi connectivity index (χ3n) is 2.10. The van der Waals surface area contributed by atoms with Gasteiger partial charge in [-0.2, -0.15) is 5.10 Å². The summed E-state index contributed by atoms with van der Waals surface area (Å²) < 4.78 is 6.88. The molecule has 0 unspecified atom stereocenters. The topological polar surface area (TPSA) is 52.0 Å². The van der Waals surface area contributed by atoms with Crippen LogP contribution in [-0.2, 0) is 0 Å². The van der Waals surface area contributed by atoms with E-state index >= 15 is 0 Å². The van der Waals surface area contributed by atoms with Crippen LogP contribution in [0.5, 0.6) is 5.75 Å². The molecule has 5 nitrogen and oxygen atoms in total. The van der Waals surface area contributed by atoms with Crippen molar-refractivity contribution in [3.05, 3.63) is 30.9 Å². The average Bonchev–Trinajstić information content (AvgIpc) is 2.81. The van der Waals surface area contributed by atoms with Gasteiger partial charge in [0, 0.05) is 24.9 Å². The Labute approximate surface area is 87.7 Å². The molecule has 2 rings (SSSR count). The zero-order valence-electron chi connectivity index (χ0n) is 8.64. The smallest absolute Gasteiger partial charge is 0.138 e. The van der Waals surface area contributed by atoms with Crippen molar-refractivity contribution in [1.29, 1.82) is 0 Å². The Bertz CT molecular complexity index is 416. The van der Waals surface area contributed by atoms with Crippen molar-refractivity contribution in [2.24, 2.45) is 0 Å². The predicted octanol–water partition coefficient (Wildman–Crippen LogP) is 1.32. The molecule has 0 amide bonds. The third kappa shape index (κ3) is 1.90. The van der Waals surface area contributed by atoms with E-state index in [4.69, 9.17) is 4.74 Å². The molecular formula is C10H12N4O. The molecule has 5 heteroatoms. The van der Waals surface area contributed by atoms with Crippen LogP contribution in [0.1, 0.15) is 0 Å². The number of aromatic nitrogens is 3. The molecule has 0 spiro atoms. The van der Waals surface area contributed by atoms with Crippen LogP contribution in [-0.4, -0.2) is 28.9 Å². The van der Waals surface area contributed by atoms with Gasteiger partial charge in [-0.3, -0.25) is 0 Å². The van der Waals surface area contributed by atoms with E-state index in [1.807, 2.05) is 25.2 Å². The van der Waals surface area contributed by atoms with E-state index in [1.54, 1.807) is 18.1 Å². The zero-order valence-corrected chi connectivity index (χ0v) is 8.64. The molecule has 78 valence electrons. The Balaban J connectivity index is 2.47. The van der Waals surface area contributed by atoms with E-state index in [0.717, 1.165) is 17.1 Å². The van der Waals surface area contributed by atoms with E-state index < -0.39 is 0 Å². The van der Waals surface area contributed by atoms with Crippen LogP contribution in [0.3, 0.4) is 0 Å². The minimum Gasteiger partial charge on any atom is -0.497 e. The normalized spacial score (nSPS) is 10.0. The van der Waals surface area contributed by atoms with E-state index in [2.05, 4.69) is 15.4 Å². The fourth-order valence-electron chi connectivity index (χ4n) is 1.32. The second kappa shape index (κ2) is 4.00. The number of rotatable bonds is 3.